The van der Waals surface area contributed by atoms with Crippen LogP contribution in [0.3, 0.4) is 0 Å². The van der Waals surface area contributed by atoms with Crippen molar-refractivity contribution in [2.75, 3.05) is 5.43 Å². The number of pyridine rings is 1. The summed E-state index contributed by atoms with van der Waals surface area (Å²) in [7, 11) is 0. The Balaban J connectivity index is 2.11. The maximum atomic E-state index is 12.6. The van der Waals surface area contributed by atoms with E-state index in [1.807, 2.05) is 0 Å². The maximum Gasteiger partial charge on any atom is 0.219 e. The molecule has 0 atom stereocenters. The molecule has 0 unspecified atom stereocenters. The fourth-order valence-electron chi connectivity index (χ4n) is 1.15. The minimum absolute atomic E-state index is 0.303. The zero-order valence-electron chi connectivity index (χ0n) is 8.35. The molecule has 3 N–H and O–H groups in total. The Labute approximate surface area is 91.8 Å². The van der Waals surface area contributed by atoms with E-state index in [1.54, 1.807) is 18.3 Å². The van der Waals surface area contributed by atoms with Crippen LogP contribution in [-0.2, 0) is 0 Å². The van der Waals surface area contributed by atoms with Crippen LogP contribution in [0.2, 0.25) is 0 Å². The molecule has 1 aromatic carbocycles. The number of rotatable bonds is 3. The first-order valence-corrected chi connectivity index (χ1v) is 4.64. The molecule has 0 aliphatic heterocycles. The highest BCUT2D eigenvalue weighted by Crippen LogP contribution is 2.20. The van der Waals surface area contributed by atoms with E-state index in [9.17, 15) is 4.39 Å². The average molecular weight is 219 g/mol. The van der Waals surface area contributed by atoms with Crippen molar-refractivity contribution in [1.82, 2.24) is 4.98 Å². The number of halogens is 1. The highest BCUT2D eigenvalue weighted by atomic mass is 19.1. The van der Waals surface area contributed by atoms with Crippen molar-refractivity contribution in [3.8, 4) is 11.6 Å². The molecule has 2 rings (SSSR count). The number of nitrogens with two attached hydrogens (primary N) is 1. The lowest BCUT2D eigenvalue weighted by Gasteiger charge is -2.05. The third-order valence-corrected chi connectivity index (χ3v) is 1.94. The van der Waals surface area contributed by atoms with Gasteiger partial charge in [0.2, 0.25) is 5.88 Å². The number of hydrogen-bond acceptors (Lipinski definition) is 4. The topological polar surface area (TPSA) is 60.2 Å². The lowest BCUT2D eigenvalue weighted by Crippen LogP contribution is -2.06. The monoisotopic (exact) mass is 219 g/mol. The summed E-state index contributed by atoms with van der Waals surface area (Å²) < 4.78 is 18.0. The predicted octanol–water partition coefficient (Wildman–Crippen LogP) is 2.30. The van der Waals surface area contributed by atoms with E-state index in [-0.39, 0.29) is 5.82 Å². The van der Waals surface area contributed by atoms with Crippen LogP contribution in [0.5, 0.6) is 11.6 Å². The van der Waals surface area contributed by atoms with Gasteiger partial charge in [0.1, 0.15) is 11.6 Å². The number of hydrogen-bond donors (Lipinski definition) is 2. The van der Waals surface area contributed by atoms with Crippen LogP contribution in [0.25, 0.3) is 0 Å². The number of anilines is 1. The SMILES string of the molecule is NNc1ccc(Oc2ccc(F)cc2)nc1. The Morgan fingerprint density at radius 1 is 1.12 bits per heavy atom. The zero-order chi connectivity index (χ0) is 11.4. The molecule has 0 spiro atoms. The van der Waals surface area contributed by atoms with Crippen molar-refractivity contribution in [1.29, 1.82) is 0 Å². The van der Waals surface area contributed by atoms with Gasteiger partial charge in [-0.3, -0.25) is 5.84 Å². The summed E-state index contributed by atoms with van der Waals surface area (Å²) in [5, 5.41) is 0. The highest BCUT2D eigenvalue weighted by molar-refractivity contribution is 5.41. The molecule has 1 aromatic heterocycles. The van der Waals surface area contributed by atoms with E-state index in [0.29, 0.717) is 17.3 Å². The fraction of sp³-hybridized carbons (Fsp3) is 0. The Bertz CT molecular complexity index is 456. The van der Waals surface area contributed by atoms with Gasteiger partial charge in [0, 0.05) is 6.07 Å². The van der Waals surface area contributed by atoms with Crippen LogP contribution >= 0.6 is 0 Å². The normalized spacial score (nSPS) is 9.88. The third-order valence-electron chi connectivity index (χ3n) is 1.94. The van der Waals surface area contributed by atoms with Crippen molar-refractivity contribution < 1.29 is 9.13 Å². The third kappa shape index (κ3) is 2.46. The first-order valence-electron chi connectivity index (χ1n) is 4.64. The van der Waals surface area contributed by atoms with Gasteiger partial charge in [-0.2, -0.15) is 0 Å². The van der Waals surface area contributed by atoms with Crippen LogP contribution < -0.4 is 16.0 Å². The molecule has 5 heteroatoms. The Morgan fingerprint density at radius 2 is 1.88 bits per heavy atom. The van der Waals surface area contributed by atoms with E-state index in [4.69, 9.17) is 10.6 Å². The zero-order valence-corrected chi connectivity index (χ0v) is 8.35. The molecule has 4 nitrogen and oxygen atoms in total. The van der Waals surface area contributed by atoms with E-state index >= 15 is 0 Å². The predicted molar refractivity (Wildman–Crippen MR) is 58.5 cm³/mol. The highest BCUT2D eigenvalue weighted by Gasteiger charge is 1.98. The number of nitrogen functional groups attached to an aromatic ring is 1. The minimum atomic E-state index is -0.303. The number of nitrogens with zero attached hydrogens (tertiary/aromatic N) is 1. The second-order valence-electron chi connectivity index (χ2n) is 3.09. The van der Waals surface area contributed by atoms with E-state index in [2.05, 4.69) is 10.4 Å². The molecule has 0 amide bonds. The molecule has 0 bridgehead atoms. The summed E-state index contributed by atoms with van der Waals surface area (Å²) in [6, 6.07) is 9.11. The van der Waals surface area contributed by atoms with Crippen molar-refractivity contribution >= 4 is 5.69 Å². The van der Waals surface area contributed by atoms with Gasteiger partial charge >= 0.3 is 0 Å². The van der Waals surface area contributed by atoms with Crippen molar-refractivity contribution in [2.24, 2.45) is 5.84 Å². The maximum absolute atomic E-state index is 12.6. The largest absolute Gasteiger partial charge is 0.439 e. The molecule has 0 aliphatic rings. The van der Waals surface area contributed by atoms with Crippen LogP contribution in [0.1, 0.15) is 0 Å². The van der Waals surface area contributed by atoms with Crippen LogP contribution in [0, 0.1) is 5.82 Å². The summed E-state index contributed by atoms with van der Waals surface area (Å²) in [4.78, 5) is 4.01. The molecular weight excluding hydrogens is 209 g/mol. The molecule has 0 aliphatic carbocycles. The van der Waals surface area contributed by atoms with Gasteiger partial charge in [-0.15, -0.1) is 0 Å². The minimum Gasteiger partial charge on any atom is -0.439 e. The second-order valence-corrected chi connectivity index (χ2v) is 3.09. The van der Waals surface area contributed by atoms with Gasteiger partial charge < -0.3 is 10.2 Å². The molecule has 0 saturated carbocycles. The molecule has 0 saturated heterocycles. The lowest BCUT2D eigenvalue weighted by molar-refractivity contribution is 0.461. The van der Waals surface area contributed by atoms with Gasteiger partial charge in [-0.1, -0.05) is 0 Å². The molecule has 2 aromatic rings. The smallest absolute Gasteiger partial charge is 0.219 e. The summed E-state index contributed by atoms with van der Waals surface area (Å²) in [6.45, 7) is 0. The number of benzene rings is 1. The van der Waals surface area contributed by atoms with Gasteiger partial charge in [-0.25, -0.2) is 9.37 Å². The number of ether oxygens (including phenoxy) is 1. The van der Waals surface area contributed by atoms with Crippen LogP contribution in [-0.4, -0.2) is 4.98 Å². The summed E-state index contributed by atoms with van der Waals surface area (Å²) in [5.74, 6) is 5.85. The Morgan fingerprint density at radius 3 is 2.44 bits per heavy atom. The number of aromatic nitrogens is 1. The van der Waals surface area contributed by atoms with E-state index < -0.39 is 0 Å². The van der Waals surface area contributed by atoms with Gasteiger partial charge in [0.25, 0.3) is 0 Å². The molecule has 0 radical (unpaired) electrons. The Hall–Kier alpha value is -2.14. The van der Waals surface area contributed by atoms with E-state index in [0.717, 1.165) is 0 Å². The number of nitrogens with one attached hydrogen (secondary N) is 1. The van der Waals surface area contributed by atoms with Crippen molar-refractivity contribution in [3.05, 3.63) is 48.4 Å². The molecular formula is C11H10FN3O. The number of hydrazine groups is 1. The fourth-order valence-corrected chi connectivity index (χ4v) is 1.15. The van der Waals surface area contributed by atoms with Crippen molar-refractivity contribution in [2.45, 2.75) is 0 Å². The summed E-state index contributed by atoms with van der Waals surface area (Å²) in [5.41, 5.74) is 3.14. The first-order chi connectivity index (χ1) is 7.78. The standard InChI is InChI=1S/C11H10FN3O/c12-8-1-4-10(5-2-8)16-11-6-3-9(15-13)7-14-11/h1-7,15H,13H2. The van der Waals surface area contributed by atoms with Crippen molar-refractivity contribution in [3.63, 3.8) is 0 Å². The molecule has 1 heterocycles. The molecule has 82 valence electrons. The Kier molecular flexibility index (Phi) is 2.98. The second kappa shape index (κ2) is 4.59. The van der Waals surface area contributed by atoms with Gasteiger partial charge in [-0.05, 0) is 30.3 Å². The first kappa shape index (κ1) is 10.4. The van der Waals surface area contributed by atoms with E-state index in [1.165, 1.54) is 24.3 Å². The summed E-state index contributed by atoms with van der Waals surface area (Å²) >= 11 is 0. The molecule has 0 fully saturated rings. The van der Waals surface area contributed by atoms with Crippen LogP contribution in [0.15, 0.2) is 42.6 Å². The lowest BCUT2D eigenvalue weighted by atomic mass is 10.3. The molecule has 16 heavy (non-hydrogen) atoms. The average Bonchev–Trinajstić information content (AvgIpc) is 2.33. The van der Waals surface area contributed by atoms with Gasteiger partial charge in [0.05, 0.1) is 11.9 Å². The summed E-state index contributed by atoms with van der Waals surface area (Å²) in [6.07, 6.45) is 1.54. The van der Waals surface area contributed by atoms with Gasteiger partial charge in [0.15, 0.2) is 0 Å². The van der Waals surface area contributed by atoms with Crippen LogP contribution in [0.4, 0.5) is 10.1 Å². The quantitative estimate of drug-likeness (QED) is 0.614.